The molecule has 30 heavy (non-hydrogen) atoms. The Hall–Kier alpha value is -4.21. The predicted octanol–water partition coefficient (Wildman–Crippen LogP) is 2.62. The molecular weight excluding hydrogens is 390 g/mol. The summed E-state index contributed by atoms with van der Waals surface area (Å²) in [5.41, 5.74) is 4.08. The average Bonchev–Trinajstić information content (AvgIpc) is 3.22. The van der Waals surface area contributed by atoms with Gasteiger partial charge in [0.05, 0.1) is 31.9 Å². The van der Waals surface area contributed by atoms with Gasteiger partial charge in [-0.3, -0.25) is 19.6 Å². The molecule has 10 heteroatoms. The van der Waals surface area contributed by atoms with Crippen molar-refractivity contribution in [1.29, 1.82) is 0 Å². The number of nitro benzene ring substituents is 1. The van der Waals surface area contributed by atoms with Gasteiger partial charge in [0.25, 0.3) is 11.6 Å². The minimum atomic E-state index is -0.476. The lowest BCUT2D eigenvalue weighted by atomic mass is 10.2. The zero-order chi connectivity index (χ0) is 21.5. The second-order valence-corrected chi connectivity index (χ2v) is 6.13. The molecule has 10 nitrogen and oxygen atoms in total. The number of non-ortho nitro benzene ring substituents is 1. The number of hydrazone groups is 1. The Morgan fingerprint density at radius 3 is 2.63 bits per heavy atom. The number of rotatable bonds is 8. The van der Waals surface area contributed by atoms with Crippen molar-refractivity contribution in [2.75, 3.05) is 14.2 Å². The molecule has 0 bridgehead atoms. The maximum Gasteiger partial charge on any atom is 0.291 e. The molecule has 154 valence electrons. The second-order valence-electron chi connectivity index (χ2n) is 6.13. The summed E-state index contributed by atoms with van der Waals surface area (Å²) < 4.78 is 12.0. The van der Waals surface area contributed by atoms with Crippen LogP contribution in [0.4, 0.5) is 5.69 Å². The number of ether oxygens (including phenoxy) is 2. The smallest absolute Gasteiger partial charge is 0.291 e. The minimum Gasteiger partial charge on any atom is -0.497 e. The van der Waals surface area contributed by atoms with Gasteiger partial charge in [0.2, 0.25) is 0 Å². The SMILES string of the molecule is COc1ccc(OC)c(C=NNC(=O)c2ccn(Cc3ccc([N+](=O)[O-])cc3)n2)c1. The number of amides is 1. The van der Waals surface area contributed by atoms with Crippen molar-refractivity contribution in [3.63, 3.8) is 0 Å². The van der Waals surface area contributed by atoms with E-state index >= 15 is 0 Å². The van der Waals surface area contributed by atoms with E-state index < -0.39 is 10.8 Å². The fourth-order valence-electron chi connectivity index (χ4n) is 2.64. The van der Waals surface area contributed by atoms with Crippen LogP contribution >= 0.6 is 0 Å². The van der Waals surface area contributed by atoms with E-state index in [2.05, 4.69) is 15.6 Å². The van der Waals surface area contributed by atoms with E-state index in [1.54, 1.807) is 54.4 Å². The molecule has 1 aromatic heterocycles. The monoisotopic (exact) mass is 409 g/mol. The quantitative estimate of drug-likeness (QED) is 0.347. The van der Waals surface area contributed by atoms with Gasteiger partial charge in [0, 0.05) is 23.9 Å². The van der Waals surface area contributed by atoms with E-state index in [0.29, 0.717) is 23.6 Å². The van der Waals surface area contributed by atoms with Gasteiger partial charge in [0.15, 0.2) is 5.69 Å². The Morgan fingerprint density at radius 2 is 1.97 bits per heavy atom. The summed E-state index contributed by atoms with van der Waals surface area (Å²) >= 11 is 0. The summed E-state index contributed by atoms with van der Waals surface area (Å²) in [6, 6.07) is 12.9. The number of carbonyl (C=O) groups excluding carboxylic acids is 1. The fraction of sp³-hybridized carbons (Fsp3) is 0.150. The number of aromatic nitrogens is 2. The van der Waals surface area contributed by atoms with Crippen LogP contribution in [0.2, 0.25) is 0 Å². The van der Waals surface area contributed by atoms with Crippen LogP contribution in [0.25, 0.3) is 0 Å². The van der Waals surface area contributed by atoms with E-state index in [0.717, 1.165) is 5.56 Å². The van der Waals surface area contributed by atoms with Gasteiger partial charge in [0.1, 0.15) is 11.5 Å². The van der Waals surface area contributed by atoms with Crippen LogP contribution < -0.4 is 14.9 Å². The van der Waals surface area contributed by atoms with Gasteiger partial charge < -0.3 is 9.47 Å². The number of benzene rings is 2. The molecule has 0 saturated heterocycles. The molecule has 1 amide bonds. The number of methoxy groups -OCH3 is 2. The van der Waals surface area contributed by atoms with Crippen LogP contribution in [-0.4, -0.2) is 41.0 Å². The lowest BCUT2D eigenvalue weighted by Crippen LogP contribution is -2.18. The van der Waals surface area contributed by atoms with Crippen molar-refractivity contribution in [3.05, 3.63) is 81.7 Å². The third kappa shape index (κ3) is 4.98. The third-order valence-corrected chi connectivity index (χ3v) is 4.17. The zero-order valence-corrected chi connectivity index (χ0v) is 16.3. The van der Waals surface area contributed by atoms with Gasteiger partial charge in [-0.25, -0.2) is 5.43 Å². The molecule has 0 radical (unpaired) electrons. The third-order valence-electron chi connectivity index (χ3n) is 4.17. The van der Waals surface area contributed by atoms with Crippen LogP contribution in [0.5, 0.6) is 11.5 Å². The number of nitro groups is 1. The molecule has 0 fully saturated rings. The van der Waals surface area contributed by atoms with E-state index in [1.165, 1.54) is 25.5 Å². The van der Waals surface area contributed by atoms with Crippen LogP contribution in [0.1, 0.15) is 21.6 Å². The normalized spacial score (nSPS) is 10.7. The summed E-state index contributed by atoms with van der Waals surface area (Å²) in [5.74, 6) is 0.741. The summed E-state index contributed by atoms with van der Waals surface area (Å²) in [5, 5.41) is 18.9. The Kier molecular flexibility index (Phi) is 6.38. The van der Waals surface area contributed by atoms with Crippen molar-refractivity contribution in [3.8, 4) is 11.5 Å². The molecule has 0 atom stereocenters. The summed E-state index contributed by atoms with van der Waals surface area (Å²) in [7, 11) is 3.09. The van der Waals surface area contributed by atoms with Crippen molar-refractivity contribution in [2.45, 2.75) is 6.54 Å². The molecule has 0 aliphatic rings. The number of hydrogen-bond donors (Lipinski definition) is 1. The van der Waals surface area contributed by atoms with Crippen molar-refractivity contribution in [2.24, 2.45) is 5.10 Å². The highest BCUT2D eigenvalue weighted by molar-refractivity contribution is 5.93. The maximum absolute atomic E-state index is 12.3. The number of hydrogen-bond acceptors (Lipinski definition) is 7. The van der Waals surface area contributed by atoms with Gasteiger partial charge >= 0.3 is 0 Å². The van der Waals surface area contributed by atoms with Crippen LogP contribution in [0, 0.1) is 10.1 Å². The maximum atomic E-state index is 12.3. The topological polar surface area (TPSA) is 121 Å². The second kappa shape index (κ2) is 9.32. The molecule has 0 spiro atoms. The van der Waals surface area contributed by atoms with Crippen molar-refractivity contribution >= 4 is 17.8 Å². The number of nitrogens with zero attached hydrogens (tertiary/aromatic N) is 4. The van der Waals surface area contributed by atoms with Crippen LogP contribution in [0.3, 0.4) is 0 Å². The molecule has 0 aliphatic heterocycles. The predicted molar refractivity (Wildman–Crippen MR) is 109 cm³/mol. The highest BCUT2D eigenvalue weighted by Gasteiger charge is 2.10. The lowest BCUT2D eigenvalue weighted by Gasteiger charge is -2.06. The molecule has 1 N–H and O–H groups in total. The highest BCUT2D eigenvalue weighted by atomic mass is 16.6. The Labute approximate surface area is 171 Å². The Balaban J connectivity index is 1.62. The molecule has 0 unspecified atom stereocenters. The Bertz CT molecular complexity index is 1080. The van der Waals surface area contributed by atoms with E-state index in [1.807, 2.05) is 0 Å². The standard InChI is InChI=1S/C20H19N5O5/c1-29-17-7-8-19(30-2)15(11-17)12-21-22-20(26)18-9-10-24(23-18)13-14-3-5-16(6-4-14)25(27)28/h3-12H,13H2,1-2H3,(H,22,26). The highest BCUT2D eigenvalue weighted by Crippen LogP contribution is 2.22. The van der Waals surface area contributed by atoms with Gasteiger partial charge in [-0.05, 0) is 29.8 Å². The first-order valence-electron chi connectivity index (χ1n) is 8.82. The first-order chi connectivity index (χ1) is 14.5. The Morgan fingerprint density at radius 1 is 1.20 bits per heavy atom. The first-order valence-corrected chi connectivity index (χ1v) is 8.82. The molecule has 0 saturated carbocycles. The molecule has 3 rings (SSSR count). The van der Waals surface area contributed by atoms with Crippen molar-refractivity contribution in [1.82, 2.24) is 15.2 Å². The van der Waals surface area contributed by atoms with E-state index in [9.17, 15) is 14.9 Å². The number of carbonyl (C=O) groups is 1. The average molecular weight is 409 g/mol. The molecule has 2 aromatic carbocycles. The lowest BCUT2D eigenvalue weighted by molar-refractivity contribution is -0.384. The van der Waals surface area contributed by atoms with Gasteiger partial charge in [-0.2, -0.15) is 10.2 Å². The van der Waals surface area contributed by atoms with E-state index in [4.69, 9.17) is 9.47 Å². The van der Waals surface area contributed by atoms with Crippen LogP contribution in [0.15, 0.2) is 59.8 Å². The summed E-state index contributed by atoms with van der Waals surface area (Å²) in [6.07, 6.45) is 3.10. The fourth-order valence-corrected chi connectivity index (χ4v) is 2.64. The molecule has 1 heterocycles. The number of nitrogens with one attached hydrogen (secondary N) is 1. The van der Waals surface area contributed by atoms with E-state index in [-0.39, 0.29) is 11.4 Å². The summed E-state index contributed by atoms with van der Waals surface area (Å²) in [6.45, 7) is 0.371. The van der Waals surface area contributed by atoms with Gasteiger partial charge in [-0.15, -0.1) is 0 Å². The zero-order valence-electron chi connectivity index (χ0n) is 16.3. The first kappa shape index (κ1) is 20.5. The van der Waals surface area contributed by atoms with Crippen molar-refractivity contribution < 1.29 is 19.2 Å². The minimum absolute atomic E-state index is 0.0183. The molecular formula is C20H19N5O5. The molecule has 0 aliphatic carbocycles. The molecule has 3 aromatic rings. The largest absolute Gasteiger partial charge is 0.497 e. The van der Waals surface area contributed by atoms with Crippen LogP contribution in [-0.2, 0) is 6.54 Å². The summed E-state index contributed by atoms with van der Waals surface area (Å²) in [4.78, 5) is 22.5. The van der Waals surface area contributed by atoms with Gasteiger partial charge in [-0.1, -0.05) is 12.1 Å².